The molecule has 5 heteroatoms. The van der Waals surface area contributed by atoms with Crippen LogP contribution in [0.25, 0.3) is 0 Å². The van der Waals surface area contributed by atoms with Crippen molar-refractivity contribution in [2.75, 3.05) is 11.9 Å². The van der Waals surface area contributed by atoms with E-state index in [0.29, 0.717) is 12.5 Å². The average molecular weight is 427 g/mol. The number of nitrogens with two attached hydrogens (primary N) is 1. The van der Waals surface area contributed by atoms with E-state index in [-0.39, 0.29) is 35.2 Å². The second-order valence-corrected chi connectivity index (χ2v) is 6.08. The molecule has 2 aromatic rings. The SMILES string of the molecule is Cc1ccc(NC(N)=NCC(C)(C)c2ccc(F)cc2)cc1.I. The maximum Gasteiger partial charge on any atom is 0.193 e. The highest BCUT2D eigenvalue weighted by molar-refractivity contribution is 14.0. The molecule has 0 amide bonds. The molecule has 0 aliphatic carbocycles. The second kappa shape index (κ2) is 8.29. The summed E-state index contributed by atoms with van der Waals surface area (Å²) in [5.74, 6) is 0.141. The third-order valence-corrected chi connectivity index (χ3v) is 3.59. The number of anilines is 1. The molecule has 0 unspecified atom stereocenters. The van der Waals surface area contributed by atoms with Gasteiger partial charge in [-0.05, 0) is 36.8 Å². The summed E-state index contributed by atoms with van der Waals surface area (Å²) in [6, 6.07) is 14.5. The molecule has 0 fully saturated rings. The Bertz CT molecular complexity index is 649. The fourth-order valence-corrected chi connectivity index (χ4v) is 2.10. The molecule has 0 atom stereocenters. The van der Waals surface area contributed by atoms with Crippen molar-refractivity contribution in [3.63, 3.8) is 0 Å². The van der Waals surface area contributed by atoms with Crippen molar-refractivity contribution in [3.8, 4) is 0 Å². The van der Waals surface area contributed by atoms with Crippen molar-refractivity contribution in [1.29, 1.82) is 0 Å². The maximum atomic E-state index is 13.0. The molecule has 23 heavy (non-hydrogen) atoms. The Kier molecular flexibility index (Phi) is 7.00. The van der Waals surface area contributed by atoms with Gasteiger partial charge in [0.2, 0.25) is 0 Å². The monoisotopic (exact) mass is 427 g/mol. The number of benzene rings is 2. The summed E-state index contributed by atoms with van der Waals surface area (Å²) < 4.78 is 13.0. The summed E-state index contributed by atoms with van der Waals surface area (Å²) in [5.41, 5.74) is 8.85. The molecule has 0 aliphatic rings. The first-order valence-electron chi connectivity index (χ1n) is 7.26. The number of aliphatic imine (C=N–C) groups is 1. The Labute approximate surface area is 154 Å². The van der Waals surface area contributed by atoms with E-state index < -0.39 is 0 Å². The Morgan fingerprint density at radius 1 is 1.09 bits per heavy atom. The lowest BCUT2D eigenvalue weighted by Gasteiger charge is -2.23. The molecule has 3 nitrogen and oxygen atoms in total. The Balaban J connectivity index is 0.00000264. The van der Waals surface area contributed by atoms with Crippen LogP contribution < -0.4 is 11.1 Å². The summed E-state index contributed by atoms with van der Waals surface area (Å²) in [6.45, 7) is 6.67. The van der Waals surface area contributed by atoms with Crippen molar-refractivity contribution in [2.45, 2.75) is 26.2 Å². The molecule has 0 aromatic heterocycles. The number of rotatable bonds is 4. The van der Waals surface area contributed by atoms with Crippen LogP contribution in [0, 0.1) is 12.7 Å². The molecule has 0 aliphatic heterocycles. The topological polar surface area (TPSA) is 50.4 Å². The molecular weight excluding hydrogens is 404 g/mol. The van der Waals surface area contributed by atoms with E-state index in [0.717, 1.165) is 11.3 Å². The fraction of sp³-hybridized carbons (Fsp3) is 0.278. The van der Waals surface area contributed by atoms with Gasteiger partial charge in [0, 0.05) is 11.1 Å². The van der Waals surface area contributed by atoms with Gasteiger partial charge in [0.1, 0.15) is 5.82 Å². The van der Waals surface area contributed by atoms with E-state index >= 15 is 0 Å². The minimum atomic E-state index is -0.233. The lowest BCUT2D eigenvalue weighted by molar-refractivity contribution is 0.537. The summed E-state index contributed by atoms with van der Waals surface area (Å²) in [5, 5.41) is 3.07. The minimum Gasteiger partial charge on any atom is -0.370 e. The lowest BCUT2D eigenvalue weighted by atomic mass is 9.85. The summed E-state index contributed by atoms with van der Waals surface area (Å²) in [7, 11) is 0. The standard InChI is InChI=1S/C18H22FN3.HI/c1-13-4-10-16(11-5-13)22-17(20)21-12-18(2,3)14-6-8-15(19)9-7-14;/h4-11H,12H2,1-3H3,(H3,20,21,22);1H. The highest BCUT2D eigenvalue weighted by atomic mass is 127. The smallest absolute Gasteiger partial charge is 0.193 e. The van der Waals surface area contributed by atoms with Crippen LogP contribution in [-0.2, 0) is 5.41 Å². The minimum absolute atomic E-state index is 0. The van der Waals surface area contributed by atoms with Crippen LogP contribution in [0.2, 0.25) is 0 Å². The molecule has 0 saturated heterocycles. The van der Waals surface area contributed by atoms with Crippen molar-refractivity contribution in [3.05, 3.63) is 65.5 Å². The molecule has 0 saturated carbocycles. The summed E-state index contributed by atoms with van der Waals surface area (Å²) in [6.07, 6.45) is 0. The van der Waals surface area contributed by atoms with Gasteiger partial charge >= 0.3 is 0 Å². The zero-order chi connectivity index (χ0) is 16.2. The van der Waals surface area contributed by atoms with E-state index in [1.807, 2.05) is 31.2 Å². The van der Waals surface area contributed by atoms with Gasteiger partial charge in [-0.1, -0.05) is 43.7 Å². The normalized spacial score (nSPS) is 11.7. The molecule has 3 N–H and O–H groups in total. The molecule has 2 aromatic carbocycles. The number of aryl methyl sites for hydroxylation is 1. The number of nitrogens with one attached hydrogen (secondary N) is 1. The van der Waals surface area contributed by atoms with Crippen molar-refractivity contribution >= 4 is 35.6 Å². The molecule has 124 valence electrons. The number of hydrogen-bond acceptors (Lipinski definition) is 1. The van der Waals surface area contributed by atoms with Crippen LogP contribution in [0.5, 0.6) is 0 Å². The van der Waals surface area contributed by atoms with E-state index in [1.54, 1.807) is 12.1 Å². The van der Waals surface area contributed by atoms with Gasteiger partial charge in [0.05, 0.1) is 6.54 Å². The van der Waals surface area contributed by atoms with E-state index in [9.17, 15) is 4.39 Å². The van der Waals surface area contributed by atoms with Crippen LogP contribution >= 0.6 is 24.0 Å². The first-order valence-corrected chi connectivity index (χ1v) is 7.26. The maximum absolute atomic E-state index is 13.0. The molecule has 2 rings (SSSR count). The van der Waals surface area contributed by atoms with Crippen LogP contribution in [0.4, 0.5) is 10.1 Å². The Morgan fingerprint density at radius 2 is 1.65 bits per heavy atom. The van der Waals surface area contributed by atoms with Gasteiger partial charge in [-0.3, -0.25) is 4.99 Å². The quantitative estimate of drug-likeness (QED) is 0.430. The lowest BCUT2D eigenvalue weighted by Crippen LogP contribution is -2.27. The Hall–Kier alpha value is -1.63. The molecule has 0 spiro atoms. The molecule has 0 heterocycles. The van der Waals surface area contributed by atoms with Gasteiger partial charge in [-0.25, -0.2) is 4.39 Å². The predicted molar refractivity (Wildman–Crippen MR) is 106 cm³/mol. The first kappa shape index (κ1) is 19.4. The molecule has 0 bridgehead atoms. The van der Waals surface area contributed by atoms with Crippen LogP contribution in [0.1, 0.15) is 25.0 Å². The first-order chi connectivity index (χ1) is 10.4. The van der Waals surface area contributed by atoms with Gasteiger partial charge in [-0.15, -0.1) is 24.0 Å². The Morgan fingerprint density at radius 3 is 2.22 bits per heavy atom. The molecule has 0 radical (unpaired) electrons. The fourth-order valence-electron chi connectivity index (χ4n) is 2.10. The number of nitrogens with zero attached hydrogens (tertiary/aromatic N) is 1. The molecular formula is C18H23FIN3. The zero-order valence-corrected chi connectivity index (χ0v) is 16.0. The van der Waals surface area contributed by atoms with Crippen LogP contribution in [-0.4, -0.2) is 12.5 Å². The van der Waals surface area contributed by atoms with Gasteiger partial charge < -0.3 is 11.1 Å². The van der Waals surface area contributed by atoms with E-state index in [2.05, 4.69) is 24.2 Å². The summed E-state index contributed by atoms with van der Waals surface area (Å²) >= 11 is 0. The second-order valence-electron chi connectivity index (χ2n) is 6.08. The van der Waals surface area contributed by atoms with Crippen molar-refractivity contribution < 1.29 is 4.39 Å². The van der Waals surface area contributed by atoms with Crippen LogP contribution in [0.15, 0.2) is 53.5 Å². The third kappa shape index (κ3) is 5.82. The van der Waals surface area contributed by atoms with E-state index in [4.69, 9.17) is 5.73 Å². The van der Waals surface area contributed by atoms with Crippen molar-refractivity contribution in [2.24, 2.45) is 10.7 Å². The summed E-state index contributed by atoms with van der Waals surface area (Å²) in [4.78, 5) is 4.40. The average Bonchev–Trinajstić information content (AvgIpc) is 2.48. The largest absolute Gasteiger partial charge is 0.370 e. The highest BCUT2D eigenvalue weighted by Gasteiger charge is 2.20. The van der Waals surface area contributed by atoms with Gasteiger partial charge in [0.15, 0.2) is 5.96 Å². The van der Waals surface area contributed by atoms with E-state index in [1.165, 1.54) is 17.7 Å². The third-order valence-electron chi connectivity index (χ3n) is 3.59. The van der Waals surface area contributed by atoms with Gasteiger partial charge in [0.25, 0.3) is 0 Å². The van der Waals surface area contributed by atoms with Crippen molar-refractivity contribution in [1.82, 2.24) is 0 Å². The predicted octanol–water partition coefficient (Wildman–Crippen LogP) is 4.46. The number of halogens is 2. The number of guanidine groups is 1. The van der Waals surface area contributed by atoms with Gasteiger partial charge in [-0.2, -0.15) is 0 Å². The van der Waals surface area contributed by atoms with Crippen LogP contribution in [0.3, 0.4) is 0 Å². The zero-order valence-electron chi connectivity index (χ0n) is 13.6. The number of hydrogen-bond donors (Lipinski definition) is 2. The highest BCUT2D eigenvalue weighted by Crippen LogP contribution is 2.23.